The van der Waals surface area contributed by atoms with Gasteiger partial charge in [0.1, 0.15) is 0 Å². The van der Waals surface area contributed by atoms with E-state index in [0.29, 0.717) is 17.9 Å². The zero-order chi connectivity index (χ0) is 10.1. The summed E-state index contributed by atoms with van der Waals surface area (Å²) in [5.74, 6) is 0.994. The van der Waals surface area contributed by atoms with Gasteiger partial charge in [0.05, 0.1) is 0 Å². The Hall–Kier alpha value is -0.790. The van der Waals surface area contributed by atoms with Crippen LogP contribution in [0.15, 0.2) is 11.8 Å². The molecular weight excluding hydrogens is 174 g/mol. The Bertz CT molecular complexity index is 267. The van der Waals surface area contributed by atoms with Crippen LogP contribution in [0.2, 0.25) is 0 Å². The number of piperidine rings is 1. The van der Waals surface area contributed by atoms with Crippen molar-refractivity contribution in [3.05, 3.63) is 11.8 Å². The number of rotatable bonds is 1. The van der Waals surface area contributed by atoms with Crippen LogP contribution < -0.4 is 0 Å². The summed E-state index contributed by atoms with van der Waals surface area (Å²) in [5.41, 5.74) is 1.32. The lowest BCUT2D eigenvalue weighted by molar-refractivity contribution is -0.133. The first-order valence-electron chi connectivity index (χ1n) is 5.72. The zero-order valence-electron chi connectivity index (χ0n) is 9.12. The van der Waals surface area contributed by atoms with Gasteiger partial charge in [-0.3, -0.25) is 4.79 Å². The van der Waals surface area contributed by atoms with Gasteiger partial charge in [-0.2, -0.15) is 0 Å². The molecule has 0 aromatic heterocycles. The van der Waals surface area contributed by atoms with Gasteiger partial charge in [0, 0.05) is 18.2 Å². The molecule has 78 valence electrons. The fourth-order valence-electron chi connectivity index (χ4n) is 2.66. The van der Waals surface area contributed by atoms with E-state index >= 15 is 0 Å². The van der Waals surface area contributed by atoms with E-state index in [9.17, 15) is 4.79 Å². The minimum absolute atomic E-state index is 0.324. The van der Waals surface area contributed by atoms with Gasteiger partial charge in [0.15, 0.2) is 0 Å². The maximum Gasteiger partial charge on any atom is 0.226 e. The molecule has 2 heteroatoms. The molecule has 0 spiro atoms. The summed E-state index contributed by atoms with van der Waals surface area (Å²) < 4.78 is 0. The minimum atomic E-state index is 0.324. The molecule has 2 nitrogen and oxygen atoms in total. The van der Waals surface area contributed by atoms with Gasteiger partial charge in [-0.25, -0.2) is 0 Å². The smallest absolute Gasteiger partial charge is 0.226 e. The van der Waals surface area contributed by atoms with E-state index < -0.39 is 0 Å². The summed E-state index contributed by atoms with van der Waals surface area (Å²) in [4.78, 5) is 13.8. The Morgan fingerprint density at radius 1 is 1.43 bits per heavy atom. The largest absolute Gasteiger partial charge is 0.314 e. The molecule has 2 rings (SSSR count). The molecule has 1 atom stereocenters. The Balaban J connectivity index is 2.25. The molecule has 1 amide bonds. The van der Waals surface area contributed by atoms with Crippen LogP contribution >= 0.6 is 0 Å². The average Bonchev–Trinajstić information content (AvgIpc) is 2.17. The van der Waals surface area contributed by atoms with Crippen molar-refractivity contribution in [3.8, 4) is 0 Å². The van der Waals surface area contributed by atoms with Crippen LogP contribution in [-0.2, 0) is 4.79 Å². The molecule has 1 fully saturated rings. The van der Waals surface area contributed by atoms with Gasteiger partial charge in [-0.05, 0) is 45.4 Å². The summed E-state index contributed by atoms with van der Waals surface area (Å²) in [6, 6.07) is 0.328. The molecular formula is C12H19NO. The number of carbonyl (C=O) groups is 1. The molecule has 14 heavy (non-hydrogen) atoms. The Morgan fingerprint density at radius 3 is 2.93 bits per heavy atom. The highest BCUT2D eigenvalue weighted by atomic mass is 16.2. The fourth-order valence-corrected chi connectivity index (χ4v) is 2.66. The normalized spacial score (nSPS) is 27.6. The van der Waals surface area contributed by atoms with Crippen molar-refractivity contribution in [2.45, 2.75) is 52.0 Å². The van der Waals surface area contributed by atoms with Crippen molar-refractivity contribution < 1.29 is 4.79 Å². The van der Waals surface area contributed by atoms with Crippen LogP contribution in [-0.4, -0.2) is 16.8 Å². The Kier molecular flexibility index (Phi) is 2.62. The predicted octanol–water partition coefficient (Wildman–Crippen LogP) is 2.70. The van der Waals surface area contributed by atoms with Crippen LogP contribution in [0.5, 0.6) is 0 Å². The molecule has 2 aliphatic rings. The second-order valence-electron chi connectivity index (χ2n) is 4.65. The molecule has 0 saturated carbocycles. The van der Waals surface area contributed by atoms with Crippen molar-refractivity contribution in [2.24, 2.45) is 5.92 Å². The summed E-state index contributed by atoms with van der Waals surface area (Å²) in [7, 11) is 0. The van der Waals surface area contributed by atoms with Crippen molar-refractivity contribution in [1.82, 2.24) is 4.90 Å². The molecule has 1 saturated heterocycles. The number of hydrogen-bond donors (Lipinski definition) is 0. The van der Waals surface area contributed by atoms with E-state index in [2.05, 4.69) is 19.9 Å². The molecule has 0 aromatic rings. The number of likely N-dealkylation sites (tertiary alicyclic amines) is 1. The quantitative estimate of drug-likeness (QED) is 0.627. The third-order valence-electron chi connectivity index (χ3n) is 3.30. The van der Waals surface area contributed by atoms with Gasteiger partial charge >= 0.3 is 0 Å². The highest BCUT2D eigenvalue weighted by Gasteiger charge is 2.32. The molecule has 1 aliphatic carbocycles. The first-order valence-corrected chi connectivity index (χ1v) is 5.72. The van der Waals surface area contributed by atoms with E-state index in [0.717, 1.165) is 19.3 Å². The summed E-state index contributed by atoms with van der Waals surface area (Å²) in [6.07, 6.45) is 7.85. The average molecular weight is 193 g/mol. The van der Waals surface area contributed by atoms with Crippen LogP contribution in [0, 0.1) is 5.92 Å². The maximum absolute atomic E-state index is 11.8. The number of fused-ring (bicyclic) bond motifs is 1. The maximum atomic E-state index is 11.8. The number of allylic oxidation sites excluding steroid dienone is 2. The summed E-state index contributed by atoms with van der Waals surface area (Å²) in [6.45, 7) is 4.21. The van der Waals surface area contributed by atoms with Gasteiger partial charge in [0.25, 0.3) is 0 Å². The number of nitrogens with zero attached hydrogens (tertiary/aromatic N) is 1. The first kappa shape index (κ1) is 9.75. The van der Waals surface area contributed by atoms with Crippen LogP contribution in [0.3, 0.4) is 0 Å². The van der Waals surface area contributed by atoms with Gasteiger partial charge in [-0.15, -0.1) is 0 Å². The van der Waals surface area contributed by atoms with Crippen molar-refractivity contribution >= 4 is 5.91 Å². The third-order valence-corrected chi connectivity index (χ3v) is 3.30. The lowest BCUT2D eigenvalue weighted by Gasteiger charge is -2.40. The molecule has 0 bridgehead atoms. The van der Waals surface area contributed by atoms with Gasteiger partial charge < -0.3 is 4.90 Å². The van der Waals surface area contributed by atoms with E-state index in [-0.39, 0.29) is 0 Å². The Labute approximate surface area is 86.0 Å². The van der Waals surface area contributed by atoms with Crippen molar-refractivity contribution in [2.75, 3.05) is 0 Å². The van der Waals surface area contributed by atoms with E-state index in [1.54, 1.807) is 0 Å². The highest BCUT2D eigenvalue weighted by molar-refractivity contribution is 5.79. The molecule has 1 unspecified atom stereocenters. The van der Waals surface area contributed by atoms with E-state index in [4.69, 9.17) is 0 Å². The second kappa shape index (κ2) is 3.76. The van der Waals surface area contributed by atoms with E-state index in [1.807, 2.05) is 4.90 Å². The molecule has 0 aromatic carbocycles. The molecule has 1 heterocycles. The second-order valence-corrected chi connectivity index (χ2v) is 4.65. The van der Waals surface area contributed by atoms with Crippen LogP contribution in [0.4, 0.5) is 0 Å². The summed E-state index contributed by atoms with van der Waals surface area (Å²) >= 11 is 0. The predicted molar refractivity (Wildman–Crippen MR) is 56.6 cm³/mol. The highest BCUT2D eigenvalue weighted by Crippen LogP contribution is 2.36. The van der Waals surface area contributed by atoms with Crippen molar-refractivity contribution in [1.29, 1.82) is 0 Å². The molecule has 1 aliphatic heterocycles. The van der Waals surface area contributed by atoms with E-state index in [1.165, 1.54) is 18.5 Å². The van der Waals surface area contributed by atoms with Gasteiger partial charge in [-0.1, -0.05) is 6.08 Å². The SMILES string of the molecule is CC(C)N1C(=O)CCC2CCCC=C21. The van der Waals surface area contributed by atoms with Crippen LogP contribution in [0.1, 0.15) is 46.0 Å². The standard InChI is InChI=1S/C12H19NO/c1-9(2)13-11-6-4-3-5-10(11)7-8-12(13)14/h6,9-10H,3-5,7-8H2,1-2H3. The van der Waals surface area contributed by atoms with Crippen molar-refractivity contribution in [3.63, 3.8) is 0 Å². The number of amides is 1. The monoisotopic (exact) mass is 193 g/mol. The molecule has 0 N–H and O–H groups in total. The fraction of sp³-hybridized carbons (Fsp3) is 0.750. The minimum Gasteiger partial charge on any atom is -0.314 e. The first-order chi connectivity index (χ1) is 6.70. The number of carbonyl (C=O) groups excluding carboxylic acids is 1. The third kappa shape index (κ3) is 1.58. The summed E-state index contributed by atoms with van der Waals surface area (Å²) in [5, 5.41) is 0. The topological polar surface area (TPSA) is 20.3 Å². The van der Waals surface area contributed by atoms with Crippen LogP contribution in [0.25, 0.3) is 0 Å². The lowest BCUT2D eigenvalue weighted by atomic mass is 9.84. The lowest BCUT2D eigenvalue weighted by Crippen LogP contribution is -2.43. The molecule has 0 radical (unpaired) electrons. The zero-order valence-corrected chi connectivity index (χ0v) is 9.12. The Morgan fingerprint density at radius 2 is 2.21 bits per heavy atom. The number of hydrogen-bond acceptors (Lipinski definition) is 1. The van der Waals surface area contributed by atoms with Gasteiger partial charge in [0.2, 0.25) is 5.91 Å².